The molecule has 1 unspecified atom stereocenters. The summed E-state index contributed by atoms with van der Waals surface area (Å²) >= 11 is 0. The van der Waals surface area contributed by atoms with Crippen LogP contribution in [0.25, 0.3) is 0 Å². The van der Waals surface area contributed by atoms with Crippen molar-refractivity contribution in [2.24, 2.45) is 5.92 Å². The molecule has 1 aliphatic heterocycles. The van der Waals surface area contributed by atoms with Gasteiger partial charge in [-0.05, 0) is 44.8 Å². The van der Waals surface area contributed by atoms with Crippen molar-refractivity contribution in [2.75, 3.05) is 26.2 Å². The third-order valence-corrected chi connectivity index (χ3v) is 3.19. The summed E-state index contributed by atoms with van der Waals surface area (Å²) in [5.74, 6) is 1.02. The number of nitrogens with one attached hydrogen (secondary N) is 1. The molecular formula is C10H20N2. The van der Waals surface area contributed by atoms with Gasteiger partial charge < -0.3 is 5.32 Å². The van der Waals surface area contributed by atoms with Gasteiger partial charge in [-0.2, -0.15) is 0 Å². The summed E-state index contributed by atoms with van der Waals surface area (Å²) in [6.45, 7) is 7.30. The maximum Gasteiger partial charge on any atom is 0.0248 e. The van der Waals surface area contributed by atoms with Gasteiger partial charge in [0, 0.05) is 12.6 Å². The van der Waals surface area contributed by atoms with E-state index in [2.05, 4.69) is 17.1 Å². The largest absolute Gasteiger partial charge is 0.315 e. The Morgan fingerprint density at radius 3 is 2.92 bits per heavy atom. The fraction of sp³-hybridized carbons (Fsp3) is 1.00. The van der Waals surface area contributed by atoms with Crippen LogP contribution in [0, 0.1) is 5.92 Å². The summed E-state index contributed by atoms with van der Waals surface area (Å²) in [4.78, 5) is 2.66. The second kappa shape index (κ2) is 3.75. The number of hydrogen-bond donors (Lipinski definition) is 1. The minimum absolute atomic E-state index is 0.859. The van der Waals surface area contributed by atoms with Crippen LogP contribution in [0.2, 0.25) is 0 Å². The summed E-state index contributed by atoms with van der Waals surface area (Å²) in [5.41, 5.74) is 0. The van der Waals surface area contributed by atoms with Gasteiger partial charge in [-0.25, -0.2) is 0 Å². The van der Waals surface area contributed by atoms with Crippen LogP contribution in [0.5, 0.6) is 0 Å². The lowest BCUT2D eigenvalue weighted by Gasteiger charge is -2.28. The summed E-state index contributed by atoms with van der Waals surface area (Å²) < 4.78 is 0. The van der Waals surface area contributed by atoms with Gasteiger partial charge >= 0.3 is 0 Å². The van der Waals surface area contributed by atoms with Crippen molar-refractivity contribution in [3.05, 3.63) is 0 Å². The van der Waals surface area contributed by atoms with Gasteiger partial charge in [-0.3, -0.25) is 4.90 Å². The molecule has 2 aliphatic rings. The molecule has 0 radical (unpaired) electrons. The molecule has 1 saturated carbocycles. The van der Waals surface area contributed by atoms with E-state index in [1.54, 1.807) is 0 Å². The Kier molecular flexibility index (Phi) is 2.66. The Labute approximate surface area is 75.3 Å². The zero-order valence-electron chi connectivity index (χ0n) is 8.05. The maximum atomic E-state index is 3.54. The Morgan fingerprint density at radius 2 is 2.25 bits per heavy atom. The summed E-state index contributed by atoms with van der Waals surface area (Å²) in [7, 11) is 0. The predicted octanol–water partition coefficient (Wildman–Crippen LogP) is 1.08. The van der Waals surface area contributed by atoms with Crippen molar-refractivity contribution in [1.29, 1.82) is 0 Å². The third-order valence-electron chi connectivity index (χ3n) is 3.19. The number of nitrogens with zero attached hydrogens (tertiary/aromatic N) is 1. The first kappa shape index (κ1) is 8.52. The smallest absolute Gasteiger partial charge is 0.0248 e. The molecule has 12 heavy (non-hydrogen) atoms. The van der Waals surface area contributed by atoms with Gasteiger partial charge in [0.2, 0.25) is 0 Å². The van der Waals surface area contributed by atoms with Gasteiger partial charge in [0.25, 0.3) is 0 Å². The van der Waals surface area contributed by atoms with E-state index in [-0.39, 0.29) is 0 Å². The highest BCUT2D eigenvalue weighted by atomic mass is 15.2. The lowest BCUT2D eigenvalue weighted by atomic mass is 10.1. The predicted molar refractivity (Wildman–Crippen MR) is 51.2 cm³/mol. The Morgan fingerprint density at radius 1 is 1.42 bits per heavy atom. The Hall–Kier alpha value is -0.0800. The normalized spacial score (nSPS) is 33.2. The molecule has 2 nitrogen and oxygen atoms in total. The Balaban J connectivity index is 1.93. The van der Waals surface area contributed by atoms with Crippen LogP contribution < -0.4 is 5.32 Å². The zero-order valence-corrected chi connectivity index (χ0v) is 8.05. The van der Waals surface area contributed by atoms with E-state index < -0.39 is 0 Å². The van der Waals surface area contributed by atoms with Crippen LogP contribution in [-0.4, -0.2) is 37.1 Å². The van der Waals surface area contributed by atoms with E-state index >= 15 is 0 Å². The minimum Gasteiger partial charge on any atom is -0.315 e. The lowest BCUT2D eigenvalue weighted by molar-refractivity contribution is 0.199. The molecule has 1 atom stereocenters. The standard InChI is InChI=1S/C10H20N2/c1-2-12-7-3-6-11-8-10(12)9-4-5-9/h9-11H,2-8H2,1H3. The van der Waals surface area contributed by atoms with Gasteiger partial charge in [0.15, 0.2) is 0 Å². The van der Waals surface area contributed by atoms with Gasteiger partial charge in [-0.1, -0.05) is 6.92 Å². The number of likely N-dealkylation sites (N-methyl/N-ethyl adjacent to an activating group) is 1. The van der Waals surface area contributed by atoms with E-state index in [4.69, 9.17) is 0 Å². The van der Waals surface area contributed by atoms with Crippen LogP contribution in [0.4, 0.5) is 0 Å². The first-order chi connectivity index (χ1) is 5.92. The van der Waals surface area contributed by atoms with Gasteiger partial charge in [0.05, 0.1) is 0 Å². The molecule has 0 aromatic heterocycles. The average molecular weight is 168 g/mol. The minimum atomic E-state index is 0.859. The van der Waals surface area contributed by atoms with Gasteiger partial charge in [-0.15, -0.1) is 0 Å². The summed E-state index contributed by atoms with van der Waals surface area (Å²) in [6, 6.07) is 0.859. The molecule has 2 rings (SSSR count). The van der Waals surface area contributed by atoms with Crippen LogP contribution in [0.15, 0.2) is 0 Å². The Bertz CT molecular complexity index is 143. The molecule has 0 aromatic rings. The highest BCUT2D eigenvalue weighted by Crippen LogP contribution is 2.35. The molecule has 0 amide bonds. The highest BCUT2D eigenvalue weighted by Gasteiger charge is 2.34. The van der Waals surface area contributed by atoms with E-state index in [9.17, 15) is 0 Å². The SMILES string of the molecule is CCN1CCCNCC1C1CC1. The van der Waals surface area contributed by atoms with E-state index in [0.29, 0.717) is 0 Å². The molecule has 0 bridgehead atoms. The van der Waals surface area contributed by atoms with Crippen molar-refractivity contribution < 1.29 is 0 Å². The number of hydrogen-bond acceptors (Lipinski definition) is 2. The third kappa shape index (κ3) is 1.80. The second-order valence-corrected chi connectivity index (χ2v) is 4.09. The van der Waals surface area contributed by atoms with Crippen molar-refractivity contribution in [2.45, 2.75) is 32.2 Å². The molecule has 2 heteroatoms. The second-order valence-electron chi connectivity index (χ2n) is 4.09. The van der Waals surface area contributed by atoms with Gasteiger partial charge in [0.1, 0.15) is 0 Å². The molecule has 2 fully saturated rings. The first-order valence-corrected chi connectivity index (χ1v) is 5.36. The highest BCUT2D eigenvalue weighted by molar-refractivity contribution is 4.90. The van der Waals surface area contributed by atoms with Crippen molar-refractivity contribution >= 4 is 0 Å². The van der Waals surface area contributed by atoms with Crippen LogP contribution in [-0.2, 0) is 0 Å². The van der Waals surface area contributed by atoms with E-state index in [1.807, 2.05) is 0 Å². The zero-order chi connectivity index (χ0) is 8.39. The van der Waals surface area contributed by atoms with Crippen molar-refractivity contribution in [3.8, 4) is 0 Å². The number of rotatable bonds is 2. The molecule has 1 saturated heterocycles. The van der Waals surface area contributed by atoms with Crippen molar-refractivity contribution in [3.63, 3.8) is 0 Å². The fourth-order valence-electron chi connectivity index (χ4n) is 2.29. The molecule has 1 aliphatic carbocycles. The topological polar surface area (TPSA) is 15.3 Å². The van der Waals surface area contributed by atoms with E-state index in [1.165, 1.54) is 45.4 Å². The summed E-state index contributed by atoms with van der Waals surface area (Å²) in [6.07, 6.45) is 4.28. The molecule has 1 N–H and O–H groups in total. The molecule has 70 valence electrons. The monoisotopic (exact) mass is 168 g/mol. The fourth-order valence-corrected chi connectivity index (χ4v) is 2.29. The molecule has 1 heterocycles. The van der Waals surface area contributed by atoms with Crippen LogP contribution in [0.3, 0.4) is 0 Å². The molecule has 0 aromatic carbocycles. The summed E-state index contributed by atoms with van der Waals surface area (Å²) in [5, 5.41) is 3.54. The molecule has 0 spiro atoms. The lowest BCUT2D eigenvalue weighted by Crippen LogP contribution is -2.41. The maximum absolute atomic E-state index is 3.54. The van der Waals surface area contributed by atoms with Crippen LogP contribution in [0.1, 0.15) is 26.2 Å². The average Bonchev–Trinajstić information content (AvgIpc) is 2.91. The first-order valence-electron chi connectivity index (χ1n) is 5.36. The van der Waals surface area contributed by atoms with E-state index in [0.717, 1.165) is 12.0 Å². The quantitative estimate of drug-likeness (QED) is 0.664. The van der Waals surface area contributed by atoms with Crippen molar-refractivity contribution in [1.82, 2.24) is 10.2 Å². The molecular weight excluding hydrogens is 148 g/mol. The van der Waals surface area contributed by atoms with Crippen LogP contribution >= 0.6 is 0 Å².